The van der Waals surface area contributed by atoms with Crippen molar-refractivity contribution in [3.63, 3.8) is 0 Å². The molecule has 3 aromatic rings. The van der Waals surface area contributed by atoms with E-state index in [1.54, 1.807) is 12.3 Å². The number of ether oxygens (including phenoxy) is 1. The number of aromatic nitrogens is 6. The molecule has 9 atom stereocenters. The standard InChI is InChI=1S/C21H28N8O9P2S2/c22-21-27-18-15(19(31)28-21)25-9-29(18)20-17-16(30)13(37-20)7-36-39(32,41)34-5-10-3-12(26-14-1-2-23-8-24-14)4-11(10)6-35-40(33,42)38-17/h1-2,8-13,16-17,20,30H,3-7H2,(H,32,41)(H,33,42)(H,23,24,26)(H3,22,27,28,31)/t10-,11-,12+,13-,16-,17-,20-,39?,40?/m1/s1. The van der Waals surface area contributed by atoms with Crippen LogP contribution in [0.3, 0.4) is 0 Å². The van der Waals surface area contributed by atoms with Crippen LogP contribution in [0.5, 0.6) is 0 Å². The van der Waals surface area contributed by atoms with Gasteiger partial charge in [-0.1, -0.05) is 24.5 Å². The lowest BCUT2D eigenvalue weighted by Crippen LogP contribution is -2.35. The number of imidazole rings is 1. The van der Waals surface area contributed by atoms with E-state index in [4.69, 9.17) is 28.6 Å². The van der Waals surface area contributed by atoms with E-state index < -0.39 is 50.3 Å². The lowest BCUT2D eigenvalue weighted by atomic mass is 9.98. The SMILES string of the molecule is Nc1nc2c(ncn2[C@@H]2O[C@@H]3COP(=O)(S)OC[C@H]4C[C@H](Nc5ccncn5)C[C@@H]4COP(=O)(S)O[C@@H]2[C@@H]3O)c(=O)[nH]1. The Bertz CT molecular complexity index is 1600. The first-order valence-electron chi connectivity index (χ1n) is 12.8. The molecule has 6 rings (SSSR count). The van der Waals surface area contributed by atoms with Crippen molar-refractivity contribution in [1.29, 1.82) is 0 Å². The minimum absolute atomic E-state index is 0.0104. The number of nitrogens with one attached hydrogen (secondary N) is 2. The highest BCUT2D eigenvalue weighted by molar-refractivity contribution is 8.44. The van der Waals surface area contributed by atoms with Crippen LogP contribution in [0.2, 0.25) is 0 Å². The molecule has 2 bridgehead atoms. The van der Waals surface area contributed by atoms with Gasteiger partial charge in [-0.3, -0.25) is 23.4 Å². The number of H-pyrrole nitrogens is 1. The third-order valence-corrected chi connectivity index (χ3v) is 10.6. The zero-order valence-electron chi connectivity index (χ0n) is 21.7. The largest absolute Gasteiger partial charge is 0.387 e. The van der Waals surface area contributed by atoms with Gasteiger partial charge in [-0.25, -0.2) is 24.1 Å². The van der Waals surface area contributed by atoms with Crippen LogP contribution in [0, 0.1) is 11.8 Å². The highest BCUT2D eigenvalue weighted by Crippen LogP contribution is 2.59. The van der Waals surface area contributed by atoms with Gasteiger partial charge < -0.3 is 29.9 Å². The van der Waals surface area contributed by atoms with E-state index in [0.717, 1.165) is 0 Å². The summed E-state index contributed by atoms with van der Waals surface area (Å²) in [7, 11) is 0. The number of nitrogen functional groups attached to an aromatic ring is 1. The number of fused-ring (bicyclic) bond motifs is 4. The van der Waals surface area contributed by atoms with Gasteiger partial charge >= 0.3 is 13.6 Å². The van der Waals surface area contributed by atoms with Crippen molar-refractivity contribution in [2.24, 2.45) is 11.8 Å². The molecule has 5 N–H and O–H groups in total. The van der Waals surface area contributed by atoms with Gasteiger partial charge in [-0.2, -0.15) is 4.98 Å². The first-order valence-corrected chi connectivity index (χ1v) is 18.2. The Morgan fingerprint density at radius 1 is 1.10 bits per heavy atom. The van der Waals surface area contributed by atoms with Crippen LogP contribution >= 0.6 is 38.1 Å². The monoisotopic (exact) mass is 662 g/mol. The number of aromatic amines is 1. The molecule has 0 amide bonds. The smallest absolute Gasteiger partial charge is 0.386 e. The van der Waals surface area contributed by atoms with Crippen molar-refractivity contribution in [1.82, 2.24) is 29.5 Å². The molecule has 0 radical (unpaired) electrons. The van der Waals surface area contributed by atoms with Crippen LogP contribution in [-0.2, 0) is 32.0 Å². The summed E-state index contributed by atoms with van der Waals surface area (Å²) in [5.74, 6) is 0.0609. The number of aliphatic hydroxyl groups excluding tert-OH is 1. The van der Waals surface area contributed by atoms with Crippen LogP contribution in [0.4, 0.5) is 11.8 Å². The molecule has 2 aliphatic heterocycles. The lowest BCUT2D eigenvalue weighted by molar-refractivity contribution is -0.0462. The van der Waals surface area contributed by atoms with Gasteiger partial charge in [0.15, 0.2) is 17.4 Å². The van der Waals surface area contributed by atoms with E-state index in [-0.39, 0.29) is 48.2 Å². The zero-order chi connectivity index (χ0) is 29.6. The third-order valence-electron chi connectivity index (χ3n) is 7.37. The van der Waals surface area contributed by atoms with Crippen molar-refractivity contribution in [3.05, 3.63) is 35.3 Å². The molecule has 1 aliphatic carbocycles. The molecule has 17 nitrogen and oxygen atoms in total. The normalized spacial score (nSPS) is 37.7. The number of anilines is 2. The zero-order valence-corrected chi connectivity index (χ0v) is 25.3. The van der Waals surface area contributed by atoms with Gasteiger partial charge in [-0.05, 0) is 30.7 Å². The second kappa shape index (κ2) is 11.8. The van der Waals surface area contributed by atoms with E-state index in [9.17, 15) is 19.0 Å². The molecule has 3 aliphatic rings. The predicted octanol–water partition coefficient (Wildman–Crippen LogP) is 1.78. The summed E-state index contributed by atoms with van der Waals surface area (Å²) in [6, 6.07) is 1.69. The number of aliphatic hydroxyl groups is 1. The number of thiol groups is 2. The van der Waals surface area contributed by atoms with Gasteiger partial charge in [0.2, 0.25) is 5.95 Å². The molecule has 2 unspecified atom stereocenters. The molecule has 1 saturated carbocycles. The van der Waals surface area contributed by atoms with E-state index in [2.05, 4.69) is 54.7 Å². The topological polar surface area (TPSA) is 228 Å². The fourth-order valence-corrected chi connectivity index (χ4v) is 8.11. The quantitative estimate of drug-likeness (QED) is 0.174. The Morgan fingerprint density at radius 2 is 1.81 bits per heavy atom. The van der Waals surface area contributed by atoms with E-state index in [0.29, 0.717) is 18.7 Å². The minimum Gasteiger partial charge on any atom is -0.387 e. The molecule has 21 heteroatoms. The number of hydrogen-bond acceptors (Lipinski definition) is 15. The van der Waals surface area contributed by atoms with Gasteiger partial charge in [0.1, 0.15) is 30.5 Å². The number of nitrogens with zero attached hydrogens (tertiary/aromatic N) is 5. The maximum atomic E-state index is 13.5. The average molecular weight is 663 g/mol. The van der Waals surface area contributed by atoms with E-state index in [1.165, 1.54) is 17.2 Å². The van der Waals surface area contributed by atoms with Crippen LogP contribution in [0.15, 0.2) is 29.7 Å². The van der Waals surface area contributed by atoms with Crippen molar-refractivity contribution in [3.8, 4) is 0 Å². The predicted molar refractivity (Wildman–Crippen MR) is 154 cm³/mol. The summed E-state index contributed by atoms with van der Waals surface area (Å²) in [6.07, 6.45) is 0.225. The van der Waals surface area contributed by atoms with E-state index in [1.807, 2.05) is 0 Å². The summed E-state index contributed by atoms with van der Waals surface area (Å²) in [6.45, 7) is -8.47. The van der Waals surface area contributed by atoms with Crippen LogP contribution in [-0.4, -0.2) is 78.8 Å². The first-order chi connectivity index (χ1) is 20.0. The second-order valence-corrected chi connectivity index (χ2v) is 16.0. The molecule has 3 aromatic heterocycles. The van der Waals surface area contributed by atoms with Gasteiger partial charge in [-0.15, -0.1) is 0 Å². The molecule has 0 aromatic carbocycles. The molecule has 0 spiro atoms. The summed E-state index contributed by atoms with van der Waals surface area (Å²) in [5.41, 5.74) is 5.09. The highest BCUT2D eigenvalue weighted by atomic mass is 32.7. The molecule has 42 heavy (non-hydrogen) atoms. The average Bonchev–Trinajstić information content (AvgIpc) is 3.61. The van der Waals surface area contributed by atoms with E-state index >= 15 is 0 Å². The summed E-state index contributed by atoms with van der Waals surface area (Å²) in [5, 5.41) is 14.5. The van der Waals surface area contributed by atoms with Gasteiger partial charge in [0, 0.05) is 12.2 Å². The highest BCUT2D eigenvalue weighted by Gasteiger charge is 2.50. The summed E-state index contributed by atoms with van der Waals surface area (Å²) >= 11 is 8.29. The Labute approximate surface area is 248 Å². The number of nitrogens with two attached hydrogens (primary N) is 1. The summed E-state index contributed by atoms with van der Waals surface area (Å²) < 4.78 is 56.4. The Morgan fingerprint density at radius 3 is 2.52 bits per heavy atom. The number of rotatable bonds is 3. The molecule has 5 heterocycles. The van der Waals surface area contributed by atoms with Crippen LogP contribution < -0.4 is 16.6 Å². The molecule has 2 saturated heterocycles. The van der Waals surface area contributed by atoms with Gasteiger partial charge in [0.25, 0.3) is 5.56 Å². The fraction of sp³-hybridized carbons (Fsp3) is 0.571. The van der Waals surface area contributed by atoms with Gasteiger partial charge in [0.05, 0.1) is 26.1 Å². The molecular formula is C21H28N8O9P2S2. The minimum atomic E-state index is -4.11. The molecule has 3 fully saturated rings. The third kappa shape index (κ3) is 6.40. The van der Waals surface area contributed by atoms with Crippen molar-refractivity contribution >= 4 is 61.0 Å². The maximum Gasteiger partial charge on any atom is 0.386 e. The lowest BCUT2D eigenvalue weighted by Gasteiger charge is -2.27. The van der Waals surface area contributed by atoms with Crippen LogP contribution in [0.25, 0.3) is 11.2 Å². The molecular weight excluding hydrogens is 634 g/mol. The maximum absolute atomic E-state index is 13.5. The first kappa shape index (κ1) is 30.0. The van der Waals surface area contributed by atoms with Crippen molar-refractivity contribution in [2.75, 3.05) is 30.9 Å². The van der Waals surface area contributed by atoms with Crippen molar-refractivity contribution < 1.29 is 37.1 Å². The fourth-order valence-electron chi connectivity index (χ4n) is 5.42. The Hall–Kier alpha value is -2.05. The van der Waals surface area contributed by atoms with Crippen molar-refractivity contribution in [2.45, 2.75) is 43.4 Å². The second-order valence-electron chi connectivity index (χ2n) is 10.2. The summed E-state index contributed by atoms with van der Waals surface area (Å²) in [4.78, 5) is 30.9. The Balaban J connectivity index is 1.27. The Kier molecular flexibility index (Phi) is 8.43. The number of hydrogen-bond donors (Lipinski definition) is 6. The molecule has 228 valence electrons. The van der Waals surface area contributed by atoms with Crippen LogP contribution in [0.1, 0.15) is 19.1 Å².